The highest BCUT2D eigenvalue weighted by atomic mass is 15.1. The van der Waals surface area contributed by atoms with Crippen LogP contribution in [0.5, 0.6) is 0 Å². The first-order valence-electron chi connectivity index (χ1n) is 17.8. The van der Waals surface area contributed by atoms with E-state index in [1.54, 1.807) is 39.6 Å². The van der Waals surface area contributed by atoms with Crippen LogP contribution >= 0.6 is 0 Å². The smallest absolute Gasteiger partial charge is 0.0279 e. The van der Waals surface area contributed by atoms with Crippen LogP contribution in [-0.4, -0.2) is 13.7 Å². The van der Waals surface area contributed by atoms with Crippen molar-refractivity contribution in [3.8, 4) is 0 Å². The highest BCUT2D eigenvalue weighted by Gasteiger charge is 2.39. The van der Waals surface area contributed by atoms with Crippen molar-refractivity contribution in [3.05, 3.63) is 67.5 Å². The van der Waals surface area contributed by atoms with Crippen LogP contribution in [0.1, 0.15) is 163 Å². The second-order valence-corrected chi connectivity index (χ2v) is 15.2. The fourth-order valence-electron chi connectivity index (χ4n) is 11.5. The predicted octanol–water partition coefficient (Wildman–Crippen LogP) is 8.43. The molecule has 3 atom stereocenters. The molecule has 3 aromatic heterocycles. The molecule has 9 rings (SSSR count). The van der Waals surface area contributed by atoms with Gasteiger partial charge in [-0.2, -0.15) is 0 Å². The van der Waals surface area contributed by atoms with E-state index in [4.69, 9.17) is 0 Å². The Morgan fingerprint density at radius 1 is 0.634 bits per heavy atom. The first-order chi connectivity index (χ1) is 20.1. The summed E-state index contributed by atoms with van der Waals surface area (Å²) in [7, 11) is 0. The van der Waals surface area contributed by atoms with E-state index < -0.39 is 0 Å². The number of nitrogens with zero attached hydrogens (tertiary/aromatic N) is 3. The molecule has 0 aromatic carbocycles. The minimum absolute atomic E-state index is 0.616. The van der Waals surface area contributed by atoms with E-state index in [0.717, 1.165) is 11.8 Å². The van der Waals surface area contributed by atoms with Crippen molar-refractivity contribution in [2.24, 2.45) is 0 Å². The van der Waals surface area contributed by atoms with Gasteiger partial charge < -0.3 is 13.7 Å². The average Bonchev–Trinajstić information content (AvgIpc) is 3.75. The van der Waals surface area contributed by atoms with E-state index in [2.05, 4.69) is 34.5 Å². The van der Waals surface area contributed by atoms with Crippen LogP contribution in [0, 0.1) is 0 Å². The summed E-state index contributed by atoms with van der Waals surface area (Å²) in [6, 6.07) is 0.616. The van der Waals surface area contributed by atoms with Gasteiger partial charge in [0.25, 0.3) is 0 Å². The standard InChI is InChI=1S/C38H51N3/c1-23(2)41-34-13-6-11-31(34)36-26(16-18-35(36)41)22-24(3)37-29-9-4-10-30(29)38-25(19-21-40(37)38)15-17-28-27-8-5-12-32(27)39-20-7-14-33(28)39/h23-26H,4-22H2,1-3H3. The zero-order chi connectivity index (χ0) is 27.4. The molecule has 6 aliphatic rings. The van der Waals surface area contributed by atoms with Crippen LogP contribution in [-0.2, 0) is 70.9 Å². The molecule has 3 aromatic rings. The van der Waals surface area contributed by atoms with Gasteiger partial charge in [0.2, 0.25) is 0 Å². The van der Waals surface area contributed by atoms with Crippen molar-refractivity contribution in [2.75, 3.05) is 0 Å². The van der Waals surface area contributed by atoms with Crippen LogP contribution in [0.15, 0.2) is 0 Å². The van der Waals surface area contributed by atoms with Crippen LogP contribution in [0.25, 0.3) is 0 Å². The molecule has 3 unspecified atom stereocenters. The average molecular weight is 550 g/mol. The summed E-state index contributed by atoms with van der Waals surface area (Å²) < 4.78 is 8.44. The van der Waals surface area contributed by atoms with Gasteiger partial charge in [-0.25, -0.2) is 0 Å². The Bertz CT molecular complexity index is 1500. The summed E-state index contributed by atoms with van der Waals surface area (Å²) in [5.74, 6) is 2.26. The van der Waals surface area contributed by atoms with Gasteiger partial charge in [-0.3, -0.25) is 0 Å². The Morgan fingerprint density at radius 3 is 2.27 bits per heavy atom. The number of rotatable bonds is 7. The topological polar surface area (TPSA) is 14.8 Å². The number of aromatic nitrogens is 3. The monoisotopic (exact) mass is 549 g/mol. The summed E-state index contributed by atoms with van der Waals surface area (Å²) in [4.78, 5) is 0. The van der Waals surface area contributed by atoms with E-state index in [1.807, 2.05) is 27.9 Å². The van der Waals surface area contributed by atoms with Gasteiger partial charge in [-0.15, -0.1) is 0 Å². The van der Waals surface area contributed by atoms with Gasteiger partial charge in [0.1, 0.15) is 0 Å². The summed E-state index contributed by atoms with van der Waals surface area (Å²) in [6.07, 6.45) is 23.1. The van der Waals surface area contributed by atoms with E-state index in [9.17, 15) is 0 Å². The van der Waals surface area contributed by atoms with Crippen molar-refractivity contribution >= 4 is 0 Å². The first-order valence-corrected chi connectivity index (χ1v) is 17.8. The minimum atomic E-state index is 0.616. The molecule has 5 heterocycles. The Kier molecular flexibility index (Phi) is 5.82. The van der Waals surface area contributed by atoms with Crippen LogP contribution < -0.4 is 0 Å². The zero-order valence-electron chi connectivity index (χ0n) is 26.1. The lowest BCUT2D eigenvalue weighted by Crippen LogP contribution is -2.10. The Balaban J connectivity index is 0.996. The Labute approximate surface area is 247 Å². The molecule has 41 heavy (non-hydrogen) atoms. The van der Waals surface area contributed by atoms with Gasteiger partial charge in [0, 0.05) is 59.2 Å². The van der Waals surface area contributed by atoms with Crippen molar-refractivity contribution < 1.29 is 0 Å². The van der Waals surface area contributed by atoms with Crippen molar-refractivity contribution in [1.82, 2.24) is 13.7 Å². The number of hydrogen-bond acceptors (Lipinski definition) is 0. The summed E-state index contributed by atoms with van der Waals surface area (Å²) in [5, 5.41) is 0. The third-order valence-electron chi connectivity index (χ3n) is 12.8. The molecule has 0 saturated heterocycles. The fraction of sp³-hybridized carbons (Fsp3) is 0.684. The highest BCUT2D eigenvalue weighted by molar-refractivity contribution is 5.50. The van der Waals surface area contributed by atoms with E-state index in [-0.39, 0.29) is 0 Å². The summed E-state index contributed by atoms with van der Waals surface area (Å²) >= 11 is 0. The van der Waals surface area contributed by atoms with Crippen LogP contribution in [0.3, 0.4) is 0 Å². The van der Waals surface area contributed by atoms with E-state index in [0.29, 0.717) is 12.0 Å². The van der Waals surface area contributed by atoms with Crippen molar-refractivity contribution in [3.63, 3.8) is 0 Å². The minimum Gasteiger partial charge on any atom is -0.348 e. The quantitative estimate of drug-likeness (QED) is 0.281. The zero-order valence-corrected chi connectivity index (χ0v) is 26.1. The van der Waals surface area contributed by atoms with Crippen molar-refractivity contribution in [2.45, 2.75) is 167 Å². The maximum atomic E-state index is 2.91. The molecule has 0 spiro atoms. The summed E-state index contributed by atoms with van der Waals surface area (Å²) in [6.45, 7) is 10.0. The van der Waals surface area contributed by atoms with Gasteiger partial charge in [-0.05, 0) is 168 Å². The van der Waals surface area contributed by atoms with Crippen molar-refractivity contribution in [1.29, 1.82) is 0 Å². The molecular formula is C38H51N3. The number of hydrogen-bond donors (Lipinski definition) is 0. The lowest BCUT2D eigenvalue weighted by atomic mass is 9.86. The molecule has 0 N–H and O–H groups in total. The van der Waals surface area contributed by atoms with E-state index in [1.165, 1.54) is 122 Å². The largest absolute Gasteiger partial charge is 0.348 e. The SMILES string of the molecule is CC(CC1CCc2c1c1c(n2C(C)C)CCC1)c1c2c(c3n1CCC3CCc1c3c(n4c1CCC4)CCC3)CCC2. The Morgan fingerprint density at radius 2 is 1.39 bits per heavy atom. The van der Waals surface area contributed by atoms with Gasteiger partial charge in [0.05, 0.1) is 0 Å². The van der Waals surface area contributed by atoms with E-state index >= 15 is 0 Å². The van der Waals surface area contributed by atoms with Gasteiger partial charge in [-0.1, -0.05) is 6.92 Å². The molecule has 2 aliphatic heterocycles. The molecule has 0 radical (unpaired) electrons. The number of fused-ring (bicyclic) bond motifs is 9. The highest BCUT2D eigenvalue weighted by Crippen LogP contribution is 2.50. The molecule has 218 valence electrons. The molecule has 0 fully saturated rings. The Hall–Kier alpha value is -2.16. The van der Waals surface area contributed by atoms with Gasteiger partial charge in [0.15, 0.2) is 0 Å². The lowest BCUT2D eigenvalue weighted by molar-refractivity contribution is 0.517. The molecule has 4 aliphatic carbocycles. The molecule has 0 saturated carbocycles. The maximum Gasteiger partial charge on any atom is 0.0279 e. The molecular weight excluding hydrogens is 498 g/mol. The summed E-state index contributed by atoms with van der Waals surface area (Å²) in [5.41, 5.74) is 21.4. The first kappa shape index (κ1) is 25.3. The molecule has 0 bridgehead atoms. The molecule has 3 heteroatoms. The maximum absolute atomic E-state index is 2.91. The van der Waals surface area contributed by atoms with Crippen LogP contribution in [0.4, 0.5) is 0 Å². The third kappa shape index (κ3) is 3.56. The predicted molar refractivity (Wildman–Crippen MR) is 168 cm³/mol. The second kappa shape index (κ2) is 9.42. The van der Waals surface area contributed by atoms with Gasteiger partial charge >= 0.3 is 0 Å². The third-order valence-corrected chi connectivity index (χ3v) is 12.8. The molecule has 3 nitrogen and oxygen atoms in total. The van der Waals surface area contributed by atoms with Crippen LogP contribution in [0.2, 0.25) is 0 Å². The normalized spacial score (nSPS) is 24.3. The molecule has 0 amide bonds. The fourth-order valence-corrected chi connectivity index (χ4v) is 11.5. The lowest BCUT2D eigenvalue weighted by Gasteiger charge is -2.21. The second-order valence-electron chi connectivity index (χ2n) is 15.2.